The summed E-state index contributed by atoms with van der Waals surface area (Å²) < 4.78 is 0. The summed E-state index contributed by atoms with van der Waals surface area (Å²) in [5, 5.41) is 2.85. The van der Waals surface area contributed by atoms with E-state index in [-0.39, 0.29) is 5.91 Å². The number of nitrogens with two attached hydrogens (primary N) is 1. The van der Waals surface area contributed by atoms with Crippen LogP contribution in [0.5, 0.6) is 0 Å². The number of aromatic nitrogens is 1. The Balaban J connectivity index is 2.47. The molecule has 88 valence electrons. The highest BCUT2D eigenvalue weighted by molar-refractivity contribution is 5.77. The molecular weight excluding hydrogens is 202 g/mol. The van der Waals surface area contributed by atoms with E-state index >= 15 is 0 Å². The molecule has 0 unspecified atom stereocenters. The number of hydrogen-bond donors (Lipinski definition) is 2. The maximum absolute atomic E-state index is 11.5. The van der Waals surface area contributed by atoms with Crippen LogP contribution >= 0.6 is 0 Å². The van der Waals surface area contributed by atoms with Crippen molar-refractivity contribution in [3.63, 3.8) is 0 Å². The summed E-state index contributed by atoms with van der Waals surface area (Å²) in [7, 11) is 0. The van der Waals surface area contributed by atoms with Gasteiger partial charge in [-0.3, -0.25) is 9.78 Å². The molecule has 0 atom stereocenters. The van der Waals surface area contributed by atoms with Gasteiger partial charge in [-0.15, -0.1) is 0 Å². The predicted molar refractivity (Wildman–Crippen MR) is 63.7 cm³/mol. The summed E-state index contributed by atoms with van der Waals surface area (Å²) in [4.78, 5) is 15.5. The summed E-state index contributed by atoms with van der Waals surface area (Å²) in [6.45, 7) is 6.18. The van der Waals surface area contributed by atoms with E-state index in [1.807, 2.05) is 26.8 Å². The summed E-state index contributed by atoms with van der Waals surface area (Å²) in [5.41, 5.74) is 7.46. The van der Waals surface area contributed by atoms with Gasteiger partial charge in [-0.25, -0.2) is 0 Å². The van der Waals surface area contributed by atoms with E-state index in [2.05, 4.69) is 10.3 Å². The summed E-state index contributed by atoms with van der Waals surface area (Å²) >= 11 is 0. The van der Waals surface area contributed by atoms with Crippen molar-refractivity contribution in [3.8, 4) is 0 Å². The Bertz CT molecular complexity index is 369. The van der Waals surface area contributed by atoms with Gasteiger partial charge in [0, 0.05) is 30.9 Å². The number of nitrogens with one attached hydrogen (secondary N) is 1. The first-order valence-electron chi connectivity index (χ1n) is 5.33. The monoisotopic (exact) mass is 221 g/mol. The minimum absolute atomic E-state index is 0.0243. The van der Waals surface area contributed by atoms with Crippen LogP contribution in [0.15, 0.2) is 18.5 Å². The molecule has 0 radical (unpaired) electrons. The Morgan fingerprint density at radius 1 is 1.56 bits per heavy atom. The average molecular weight is 221 g/mol. The van der Waals surface area contributed by atoms with Crippen molar-refractivity contribution >= 4 is 5.91 Å². The van der Waals surface area contributed by atoms with Crippen molar-refractivity contribution in [2.75, 3.05) is 0 Å². The molecule has 0 bridgehead atoms. The molecule has 0 saturated carbocycles. The third kappa shape index (κ3) is 4.40. The first-order chi connectivity index (χ1) is 7.38. The molecule has 0 fully saturated rings. The number of rotatable bonds is 4. The van der Waals surface area contributed by atoms with E-state index in [0.29, 0.717) is 13.0 Å². The Morgan fingerprint density at radius 3 is 2.81 bits per heavy atom. The maximum Gasteiger partial charge on any atom is 0.222 e. The Labute approximate surface area is 96.3 Å². The van der Waals surface area contributed by atoms with Gasteiger partial charge >= 0.3 is 0 Å². The van der Waals surface area contributed by atoms with Crippen LogP contribution in [0.2, 0.25) is 0 Å². The van der Waals surface area contributed by atoms with Gasteiger partial charge in [0.1, 0.15) is 0 Å². The molecule has 16 heavy (non-hydrogen) atoms. The van der Waals surface area contributed by atoms with Crippen molar-refractivity contribution in [3.05, 3.63) is 29.6 Å². The molecular formula is C12H19N3O. The number of pyridine rings is 1. The van der Waals surface area contributed by atoms with Crippen molar-refractivity contribution < 1.29 is 4.79 Å². The molecule has 0 aromatic carbocycles. The second kappa shape index (κ2) is 5.07. The molecule has 3 N–H and O–H groups in total. The van der Waals surface area contributed by atoms with Crippen LogP contribution in [-0.4, -0.2) is 16.4 Å². The van der Waals surface area contributed by atoms with Gasteiger partial charge in [0.25, 0.3) is 0 Å². The fourth-order valence-electron chi connectivity index (χ4n) is 1.37. The van der Waals surface area contributed by atoms with Crippen LogP contribution in [0, 0.1) is 6.92 Å². The van der Waals surface area contributed by atoms with Gasteiger partial charge in [-0.05, 0) is 38.0 Å². The van der Waals surface area contributed by atoms with Gasteiger partial charge in [-0.2, -0.15) is 0 Å². The molecule has 1 aromatic heterocycles. The summed E-state index contributed by atoms with van der Waals surface area (Å²) in [5.74, 6) is -0.0243. The number of carbonyl (C=O) groups excluding carboxylic acids is 1. The van der Waals surface area contributed by atoms with Crippen molar-refractivity contribution in [2.24, 2.45) is 5.73 Å². The smallest absolute Gasteiger partial charge is 0.222 e. The Morgan fingerprint density at radius 2 is 2.25 bits per heavy atom. The summed E-state index contributed by atoms with van der Waals surface area (Å²) in [6.07, 6.45) is 3.84. The van der Waals surface area contributed by atoms with Gasteiger partial charge in [0.2, 0.25) is 5.91 Å². The second-order valence-corrected chi connectivity index (χ2v) is 4.74. The van der Waals surface area contributed by atoms with Crippen LogP contribution in [-0.2, 0) is 11.3 Å². The molecule has 1 rings (SSSR count). The third-order valence-corrected chi connectivity index (χ3v) is 2.23. The number of carbonyl (C=O) groups is 1. The zero-order valence-corrected chi connectivity index (χ0v) is 10.1. The van der Waals surface area contributed by atoms with Gasteiger partial charge in [0.05, 0.1) is 0 Å². The Hall–Kier alpha value is -1.42. The van der Waals surface area contributed by atoms with Crippen LogP contribution < -0.4 is 11.1 Å². The van der Waals surface area contributed by atoms with E-state index in [0.717, 1.165) is 11.1 Å². The van der Waals surface area contributed by atoms with Crippen LogP contribution in [0.4, 0.5) is 0 Å². The average Bonchev–Trinajstić information content (AvgIpc) is 2.14. The van der Waals surface area contributed by atoms with Gasteiger partial charge in [-0.1, -0.05) is 0 Å². The molecule has 0 spiro atoms. The first kappa shape index (κ1) is 12.6. The highest BCUT2D eigenvalue weighted by Gasteiger charge is 2.15. The predicted octanol–water partition coefficient (Wildman–Crippen LogP) is 1.13. The lowest BCUT2D eigenvalue weighted by Gasteiger charge is -2.17. The minimum Gasteiger partial charge on any atom is -0.352 e. The molecule has 4 heteroatoms. The van der Waals surface area contributed by atoms with E-state index in [1.165, 1.54) is 0 Å². The highest BCUT2D eigenvalue weighted by Crippen LogP contribution is 2.06. The lowest BCUT2D eigenvalue weighted by atomic mass is 10.0. The third-order valence-electron chi connectivity index (χ3n) is 2.23. The molecule has 1 aromatic rings. The number of nitrogens with zero attached hydrogens (tertiary/aromatic N) is 1. The summed E-state index contributed by atoms with van der Waals surface area (Å²) in [6, 6.07) is 1.91. The van der Waals surface area contributed by atoms with Crippen LogP contribution in [0.25, 0.3) is 0 Å². The molecule has 1 heterocycles. The molecule has 4 nitrogen and oxygen atoms in total. The lowest BCUT2D eigenvalue weighted by molar-refractivity contribution is -0.122. The fourth-order valence-corrected chi connectivity index (χ4v) is 1.37. The molecule has 0 aliphatic rings. The fraction of sp³-hybridized carbons (Fsp3) is 0.500. The quantitative estimate of drug-likeness (QED) is 0.801. The van der Waals surface area contributed by atoms with E-state index in [1.54, 1.807) is 12.4 Å². The van der Waals surface area contributed by atoms with Crippen molar-refractivity contribution in [1.82, 2.24) is 10.3 Å². The van der Waals surface area contributed by atoms with Crippen LogP contribution in [0.1, 0.15) is 31.4 Å². The van der Waals surface area contributed by atoms with E-state index < -0.39 is 5.54 Å². The molecule has 0 aliphatic heterocycles. The van der Waals surface area contributed by atoms with Crippen molar-refractivity contribution in [1.29, 1.82) is 0 Å². The standard InChI is InChI=1S/C12H19N3O/c1-9-7-14-5-4-10(9)8-15-11(16)6-12(2,3)13/h4-5,7H,6,8,13H2,1-3H3,(H,15,16). The number of aryl methyl sites for hydroxylation is 1. The van der Waals surface area contributed by atoms with Gasteiger partial charge in [0.15, 0.2) is 0 Å². The Kier molecular flexibility index (Phi) is 4.01. The number of hydrogen-bond acceptors (Lipinski definition) is 3. The number of amides is 1. The molecule has 0 aliphatic carbocycles. The SMILES string of the molecule is Cc1cnccc1CNC(=O)CC(C)(C)N. The van der Waals surface area contributed by atoms with Gasteiger partial charge < -0.3 is 11.1 Å². The van der Waals surface area contributed by atoms with Crippen LogP contribution in [0.3, 0.4) is 0 Å². The highest BCUT2D eigenvalue weighted by atomic mass is 16.1. The first-order valence-corrected chi connectivity index (χ1v) is 5.33. The minimum atomic E-state index is -0.461. The normalized spacial score (nSPS) is 11.2. The largest absolute Gasteiger partial charge is 0.352 e. The van der Waals surface area contributed by atoms with E-state index in [9.17, 15) is 4.79 Å². The zero-order valence-electron chi connectivity index (χ0n) is 10.1. The topological polar surface area (TPSA) is 68.0 Å². The maximum atomic E-state index is 11.5. The zero-order chi connectivity index (χ0) is 12.2. The van der Waals surface area contributed by atoms with Crippen molar-refractivity contribution in [2.45, 2.75) is 39.3 Å². The van der Waals surface area contributed by atoms with E-state index in [4.69, 9.17) is 5.73 Å². The molecule has 0 saturated heterocycles. The molecule has 1 amide bonds. The lowest BCUT2D eigenvalue weighted by Crippen LogP contribution is -2.38. The second-order valence-electron chi connectivity index (χ2n) is 4.74.